The molecular weight excluding hydrogens is 434 g/mol. The highest BCUT2D eigenvalue weighted by atomic mass is 35.5. The summed E-state index contributed by atoms with van der Waals surface area (Å²) in [6.07, 6.45) is 0.446. The zero-order valence-corrected chi connectivity index (χ0v) is 19.5. The molecule has 6 heteroatoms. The first-order chi connectivity index (χ1) is 16.0. The fourth-order valence-electron chi connectivity index (χ4n) is 4.69. The molecule has 1 aliphatic rings. The Morgan fingerprint density at radius 2 is 1.76 bits per heavy atom. The Bertz CT molecular complexity index is 1310. The Morgan fingerprint density at radius 1 is 1.03 bits per heavy atom. The number of imidazole rings is 1. The molecule has 168 valence electrons. The molecule has 1 unspecified atom stereocenters. The maximum Gasteiger partial charge on any atom is 0.227 e. The van der Waals surface area contributed by atoms with E-state index in [-0.39, 0.29) is 11.8 Å². The van der Waals surface area contributed by atoms with Crippen LogP contribution in [0.2, 0.25) is 5.02 Å². The van der Waals surface area contributed by atoms with Crippen molar-refractivity contribution >= 4 is 34.2 Å². The summed E-state index contributed by atoms with van der Waals surface area (Å²) in [4.78, 5) is 19.8. The molecule has 0 bridgehead atoms. The second-order valence-corrected chi connectivity index (χ2v) is 9.05. The molecule has 0 N–H and O–H groups in total. The number of carbonyl (C=O) groups is 1. The average Bonchev–Trinajstić information content (AvgIpc) is 3.35. The van der Waals surface area contributed by atoms with Crippen LogP contribution < -0.4 is 9.64 Å². The Morgan fingerprint density at radius 3 is 2.55 bits per heavy atom. The molecule has 1 amide bonds. The molecule has 3 aromatic carbocycles. The van der Waals surface area contributed by atoms with E-state index in [1.54, 1.807) is 0 Å². The van der Waals surface area contributed by atoms with Crippen molar-refractivity contribution in [1.82, 2.24) is 9.55 Å². The van der Waals surface area contributed by atoms with Crippen molar-refractivity contribution in [2.75, 3.05) is 18.1 Å². The number of amides is 1. The predicted octanol–water partition coefficient (Wildman–Crippen LogP) is 5.91. The molecule has 1 aromatic heterocycles. The molecule has 33 heavy (non-hydrogen) atoms. The fourth-order valence-corrected chi connectivity index (χ4v) is 4.88. The summed E-state index contributed by atoms with van der Waals surface area (Å²) in [5, 5.41) is 0.596. The van der Waals surface area contributed by atoms with Crippen molar-refractivity contribution in [3.05, 3.63) is 88.7 Å². The minimum absolute atomic E-state index is 0.0195. The number of hydrogen-bond acceptors (Lipinski definition) is 3. The summed E-state index contributed by atoms with van der Waals surface area (Å²) >= 11 is 6.24. The molecule has 0 spiro atoms. The molecule has 5 rings (SSSR count). The van der Waals surface area contributed by atoms with Gasteiger partial charge in [-0.2, -0.15) is 0 Å². The van der Waals surface area contributed by atoms with Gasteiger partial charge >= 0.3 is 0 Å². The number of hydrogen-bond donors (Lipinski definition) is 0. The first-order valence-corrected chi connectivity index (χ1v) is 11.6. The maximum atomic E-state index is 13.0. The van der Waals surface area contributed by atoms with E-state index in [4.69, 9.17) is 21.3 Å². The van der Waals surface area contributed by atoms with Crippen molar-refractivity contribution in [2.45, 2.75) is 32.7 Å². The molecule has 1 aliphatic heterocycles. The number of aryl methyl sites for hydroxylation is 2. The minimum Gasteiger partial charge on any atom is -0.490 e. The summed E-state index contributed by atoms with van der Waals surface area (Å²) in [5.74, 6) is 1.75. The van der Waals surface area contributed by atoms with Gasteiger partial charge in [0.25, 0.3) is 0 Å². The van der Waals surface area contributed by atoms with E-state index in [9.17, 15) is 4.79 Å². The summed E-state index contributed by atoms with van der Waals surface area (Å²) in [6.45, 7) is 5.82. The van der Waals surface area contributed by atoms with Crippen LogP contribution in [0.15, 0.2) is 66.7 Å². The number of aromatic nitrogens is 2. The molecule has 0 saturated carbocycles. The second-order valence-electron chi connectivity index (χ2n) is 8.64. The molecule has 5 nitrogen and oxygen atoms in total. The van der Waals surface area contributed by atoms with Crippen LogP contribution in [0.25, 0.3) is 11.0 Å². The number of halogens is 1. The van der Waals surface area contributed by atoms with Crippen LogP contribution in [0.1, 0.15) is 29.3 Å². The quantitative estimate of drug-likeness (QED) is 0.360. The molecule has 0 aliphatic carbocycles. The molecule has 1 fully saturated rings. The summed E-state index contributed by atoms with van der Waals surface area (Å²) in [5.41, 5.74) is 5.26. The standard InChI is InChI=1S/C27H26ClN3O2/c1-18-13-19(2)15-21(14-18)31-17-20(16-26(31)32)27-29-23-8-4-5-9-24(23)30(27)11-12-33-25-10-6-3-7-22(25)28/h3-10,13-15,20H,11-12,16-17H2,1-2H3. The van der Waals surface area contributed by atoms with Crippen LogP contribution in [0.4, 0.5) is 5.69 Å². The first-order valence-electron chi connectivity index (χ1n) is 11.2. The van der Waals surface area contributed by atoms with Crippen LogP contribution in [0, 0.1) is 13.8 Å². The molecule has 4 aromatic rings. The van der Waals surface area contributed by atoms with Crippen LogP contribution in [0.5, 0.6) is 5.75 Å². The number of fused-ring (bicyclic) bond motifs is 1. The minimum atomic E-state index is 0.0195. The van der Waals surface area contributed by atoms with Crippen LogP contribution in [-0.2, 0) is 11.3 Å². The Kier molecular flexibility index (Phi) is 5.81. The number of anilines is 1. The highest BCUT2D eigenvalue weighted by molar-refractivity contribution is 6.32. The van der Waals surface area contributed by atoms with Crippen LogP contribution in [0.3, 0.4) is 0 Å². The third kappa shape index (κ3) is 4.33. The number of nitrogens with zero attached hydrogens (tertiary/aromatic N) is 3. The number of carbonyl (C=O) groups excluding carboxylic acids is 1. The lowest BCUT2D eigenvalue weighted by molar-refractivity contribution is -0.117. The largest absolute Gasteiger partial charge is 0.490 e. The molecule has 1 saturated heterocycles. The van der Waals surface area contributed by atoms with Gasteiger partial charge in [0.2, 0.25) is 5.91 Å². The van der Waals surface area contributed by atoms with E-state index in [0.29, 0.717) is 36.9 Å². The lowest BCUT2D eigenvalue weighted by Crippen LogP contribution is -2.25. The number of ether oxygens (including phenoxy) is 1. The van der Waals surface area contributed by atoms with Crippen molar-refractivity contribution in [3.8, 4) is 5.75 Å². The van der Waals surface area contributed by atoms with E-state index in [1.807, 2.05) is 47.4 Å². The van der Waals surface area contributed by atoms with Gasteiger partial charge in [0.1, 0.15) is 18.2 Å². The fraction of sp³-hybridized carbons (Fsp3) is 0.259. The van der Waals surface area contributed by atoms with Crippen molar-refractivity contribution in [1.29, 1.82) is 0 Å². The lowest BCUT2D eigenvalue weighted by atomic mass is 10.1. The van der Waals surface area contributed by atoms with Gasteiger partial charge < -0.3 is 14.2 Å². The van der Waals surface area contributed by atoms with Crippen LogP contribution in [-0.4, -0.2) is 28.6 Å². The van der Waals surface area contributed by atoms with Gasteiger partial charge in [0.05, 0.1) is 22.6 Å². The molecule has 2 heterocycles. The zero-order valence-electron chi connectivity index (χ0n) is 18.8. The van der Waals surface area contributed by atoms with Crippen molar-refractivity contribution < 1.29 is 9.53 Å². The Balaban J connectivity index is 1.42. The SMILES string of the molecule is Cc1cc(C)cc(N2CC(c3nc4ccccc4n3CCOc3ccccc3Cl)CC2=O)c1. The monoisotopic (exact) mass is 459 g/mol. The van der Waals surface area contributed by atoms with E-state index in [0.717, 1.165) is 33.7 Å². The van der Waals surface area contributed by atoms with Crippen molar-refractivity contribution in [2.24, 2.45) is 0 Å². The first kappa shape index (κ1) is 21.5. The molecule has 1 atom stereocenters. The van der Waals surface area contributed by atoms with Gasteiger partial charge in [-0.15, -0.1) is 0 Å². The van der Waals surface area contributed by atoms with Gasteiger partial charge in [-0.05, 0) is 61.4 Å². The third-order valence-corrected chi connectivity index (χ3v) is 6.41. The van der Waals surface area contributed by atoms with E-state index >= 15 is 0 Å². The van der Waals surface area contributed by atoms with Gasteiger partial charge in [-0.1, -0.05) is 41.9 Å². The highest BCUT2D eigenvalue weighted by Gasteiger charge is 2.35. The smallest absolute Gasteiger partial charge is 0.227 e. The molecular formula is C27H26ClN3O2. The maximum absolute atomic E-state index is 13.0. The predicted molar refractivity (Wildman–Crippen MR) is 132 cm³/mol. The summed E-state index contributed by atoms with van der Waals surface area (Å²) < 4.78 is 8.15. The lowest BCUT2D eigenvalue weighted by Gasteiger charge is -2.19. The van der Waals surface area contributed by atoms with Crippen molar-refractivity contribution in [3.63, 3.8) is 0 Å². The number of para-hydroxylation sites is 3. The van der Waals surface area contributed by atoms with E-state index in [2.05, 4.69) is 42.7 Å². The van der Waals surface area contributed by atoms with Gasteiger partial charge in [0.15, 0.2) is 0 Å². The van der Waals surface area contributed by atoms with Gasteiger partial charge in [-0.25, -0.2) is 4.98 Å². The number of benzene rings is 3. The number of rotatable bonds is 6. The molecule has 0 radical (unpaired) electrons. The summed E-state index contributed by atoms with van der Waals surface area (Å²) in [6, 6.07) is 21.9. The Hall–Kier alpha value is -3.31. The van der Waals surface area contributed by atoms with Crippen LogP contribution >= 0.6 is 11.6 Å². The highest BCUT2D eigenvalue weighted by Crippen LogP contribution is 2.34. The third-order valence-electron chi connectivity index (χ3n) is 6.10. The topological polar surface area (TPSA) is 47.4 Å². The van der Waals surface area contributed by atoms with E-state index < -0.39 is 0 Å². The second kappa shape index (κ2) is 8.91. The zero-order chi connectivity index (χ0) is 22.9. The van der Waals surface area contributed by atoms with E-state index in [1.165, 1.54) is 0 Å². The Labute approximate surface area is 198 Å². The van der Waals surface area contributed by atoms with Gasteiger partial charge in [-0.3, -0.25) is 4.79 Å². The summed E-state index contributed by atoms with van der Waals surface area (Å²) in [7, 11) is 0. The van der Waals surface area contributed by atoms with Gasteiger partial charge in [0, 0.05) is 24.6 Å². The average molecular weight is 460 g/mol. The normalized spacial score (nSPS) is 16.0.